The fourth-order valence-corrected chi connectivity index (χ4v) is 2.19. The molecule has 0 spiro atoms. The highest BCUT2D eigenvalue weighted by Gasteiger charge is 2.27. The molecule has 0 aromatic heterocycles. The summed E-state index contributed by atoms with van der Waals surface area (Å²) in [6, 6.07) is 0. The highest BCUT2D eigenvalue weighted by atomic mass is 35.5. The Balaban J connectivity index is 3.89. The van der Waals surface area contributed by atoms with Crippen LogP contribution in [0.25, 0.3) is 0 Å². The lowest BCUT2D eigenvalue weighted by atomic mass is 10.3. The third-order valence-corrected chi connectivity index (χ3v) is 3.74. The zero-order valence-electron chi connectivity index (χ0n) is 8.85. The molecule has 3 nitrogen and oxygen atoms in total. The summed E-state index contributed by atoms with van der Waals surface area (Å²) in [5.74, 6) is -0.528. The van der Waals surface area contributed by atoms with Gasteiger partial charge in [-0.1, -0.05) is 6.92 Å². The van der Waals surface area contributed by atoms with Crippen molar-refractivity contribution < 1.29 is 21.6 Å². The second-order valence-electron chi connectivity index (χ2n) is 3.39. The molecule has 1 unspecified atom stereocenters. The van der Waals surface area contributed by atoms with Crippen LogP contribution in [-0.2, 0) is 10.0 Å². The van der Waals surface area contributed by atoms with Crippen LogP contribution < -0.4 is 4.72 Å². The normalized spacial score (nSPS) is 15.1. The van der Waals surface area contributed by atoms with E-state index in [9.17, 15) is 21.6 Å². The molecular formula is C8H15ClF3NO2S. The molecule has 1 N–H and O–H groups in total. The number of halogens is 4. The van der Waals surface area contributed by atoms with E-state index in [-0.39, 0.29) is 11.9 Å². The largest absolute Gasteiger partial charge is 0.389 e. The maximum absolute atomic E-state index is 11.8. The summed E-state index contributed by atoms with van der Waals surface area (Å²) in [4.78, 5) is 0. The van der Waals surface area contributed by atoms with Crippen LogP contribution in [0.15, 0.2) is 0 Å². The Morgan fingerprint density at radius 3 is 2.38 bits per heavy atom. The van der Waals surface area contributed by atoms with Crippen molar-refractivity contribution in [3.63, 3.8) is 0 Å². The summed E-state index contributed by atoms with van der Waals surface area (Å²) in [7, 11) is -3.64. The van der Waals surface area contributed by atoms with E-state index in [2.05, 4.69) is 4.72 Å². The smallest absolute Gasteiger partial charge is 0.214 e. The molecule has 0 aromatic carbocycles. The van der Waals surface area contributed by atoms with Crippen molar-refractivity contribution in [3.8, 4) is 0 Å². The summed E-state index contributed by atoms with van der Waals surface area (Å²) in [6.45, 7) is 1.84. The van der Waals surface area contributed by atoms with Crippen molar-refractivity contribution in [2.24, 2.45) is 0 Å². The van der Waals surface area contributed by atoms with E-state index < -0.39 is 34.8 Å². The molecule has 0 radical (unpaired) electrons. The fourth-order valence-electron chi connectivity index (χ4n) is 0.897. The van der Waals surface area contributed by atoms with Crippen LogP contribution in [0.5, 0.6) is 0 Å². The third-order valence-electron chi connectivity index (χ3n) is 1.84. The molecule has 0 aliphatic heterocycles. The van der Waals surface area contributed by atoms with Gasteiger partial charge >= 0.3 is 6.18 Å². The predicted molar refractivity (Wildman–Crippen MR) is 57.0 cm³/mol. The Labute approximate surface area is 98.4 Å². The van der Waals surface area contributed by atoms with Crippen LogP contribution >= 0.6 is 11.6 Å². The molecule has 0 saturated heterocycles. The van der Waals surface area contributed by atoms with Gasteiger partial charge < -0.3 is 0 Å². The number of hydrogen-bond acceptors (Lipinski definition) is 2. The monoisotopic (exact) mass is 281 g/mol. The fraction of sp³-hybridized carbons (Fsp3) is 1.00. The van der Waals surface area contributed by atoms with E-state index >= 15 is 0 Å². The van der Waals surface area contributed by atoms with Crippen LogP contribution in [0.4, 0.5) is 13.2 Å². The first-order chi connectivity index (χ1) is 7.16. The van der Waals surface area contributed by atoms with Crippen molar-refractivity contribution >= 4 is 21.6 Å². The molecule has 16 heavy (non-hydrogen) atoms. The second kappa shape index (κ2) is 6.66. The van der Waals surface area contributed by atoms with E-state index in [1.807, 2.05) is 0 Å². The van der Waals surface area contributed by atoms with E-state index in [0.717, 1.165) is 0 Å². The van der Waals surface area contributed by atoms with Gasteiger partial charge in [-0.25, -0.2) is 13.1 Å². The van der Waals surface area contributed by atoms with Crippen LogP contribution in [0.2, 0.25) is 0 Å². The Bertz CT molecular complexity index is 292. The number of sulfonamides is 1. The Morgan fingerprint density at radius 2 is 1.94 bits per heavy atom. The predicted octanol–water partition coefficient (Wildman–Crippen LogP) is 2.27. The molecule has 0 aliphatic carbocycles. The standard InChI is InChI=1S/C8H15ClF3NO2S/c1-2-7(9)6-13-16(14,15)5-3-4-8(10,11)12/h7,13H,2-6H2,1H3. The van der Waals surface area contributed by atoms with Crippen LogP contribution in [-0.4, -0.2) is 32.3 Å². The summed E-state index contributed by atoms with van der Waals surface area (Å²) in [6.07, 6.45) is -5.25. The maximum atomic E-state index is 11.8. The molecule has 0 heterocycles. The van der Waals surface area contributed by atoms with E-state index in [0.29, 0.717) is 6.42 Å². The lowest BCUT2D eigenvalue weighted by Gasteiger charge is -2.10. The van der Waals surface area contributed by atoms with Gasteiger partial charge in [0, 0.05) is 18.3 Å². The van der Waals surface area contributed by atoms with Gasteiger partial charge in [0.2, 0.25) is 10.0 Å². The first-order valence-corrected chi connectivity index (χ1v) is 6.93. The van der Waals surface area contributed by atoms with Gasteiger partial charge in [0.15, 0.2) is 0 Å². The molecule has 0 aromatic rings. The Kier molecular flexibility index (Phi) is 6.65. The summed E-state index contributed by atoms with van der Waals surface area (Å²) < 4.78 is 59.9. The molecule has 0 bridgehead atoms. The van der Waals surface area contributed by atoms with Gasteiger partial charge in [-0.3, -0.25) is 0 Å². The van der Waals surface area contributed by atoms with Gasteiger partial charge in [0.05, 0.1) is 5.75 Å². The summed E-state index contributed by atoms with van der Waals surface area (Å²) in [5, 5.41) is -0.336. The van der Waals surface area contributed by atoms with Crippen molar-refractivity contribution in [3.05, 3.63) is 0 Å². The average molecular weight is 282 g/mol. The van der Waals surface area contributed by atoms with Gasteiger partial charge in [-0.15, -0.1) is 11.6 Å². The molecule has 0 amide bonds. The molecule has 0 saturated carbocycles. The van der Waals surface area contributed by atoms with Crippen LogP contribution in [0.1, 0.15) is 26.2 Å². The van der Waals surface area contributed by atoms with Crippen molar-refractivity contribution in [1.82, 2.24) is 4.72 Å². The Hall–Kier alpha value is -0.0100. The molecule has 0 rings (SSSR count). The second-order valence-corrected chi connectivity index (χ2v) is 5.94. The van der Waals surface area contributed by atoms with Crippen molar-refractivity contribution in [1.29, 1.82) is 0 Å². The number of rotatable bonds is 7. The van der Waals surface area contributed by atoms with Crippen LogP contribution in [0.3, 0.4) is 0 Å². The minimum absolute atomic E-state index is 0.0480. The quantitative estimate of drug-likeness (QED) is 0.728. The van der Waals surface area contributed by atoms with Gasteiger partial charge in [0.1, 0.15) is 0 Å². The van der Waals surface area contributed by atoms with E-state index in [1.54, 1.807) is 6.92 Å². The van der Waals surface area contributed by atoms with Gasteiger partial charge in [-0.2, -0.15) is 13.2 Å². The molecule has 8 heteroatoms. The highest BCUT2D eigenvalue weighted by Crippen LogP contribution is 2.21. The van der Waals surface area contributed by atoms with Crippen molar-refractivity contribution in [2.75, 3.05) is 12.3 Å². The first kappa shape index (κ1) is 16.0. The highest BCUT2D eigenvalue weighted by molar-refractivity contribution is 7.89. The minimum Gasteiger partial charge on any atom is -0.214 e. The molecule has 0 fully saturated rings. The summed E-state index contributed by atoms with van der Waals surface area (Å²) >= 11 is 5.67. The topological polar surface area (TPSA) is 46.2 Å². The SMILES string of the molecule is CCC(Cl)CNS(=O)(=O)CCCC(F)(F)F. The lowest BCUT2D eigenvalue weighted by molar-refractivity contribution is -0.134. The number of hydrogen-bond donors (Lipinski definition) is 1. The zero-order valence-corrected chi connectivity index (χ0v) is 10.4. The van der Waals surface area contributed by atoms with Gasteiger partial charge in [0.25, 0.3) is 0 Å². The Morgan fingerprint density at radius 1 is 1.38 bits per heavy atom. The third kappa shape index (κ3) is 9.23. The summed E-state index contributed by atoms with van der Waals surface area (Å²) in [5.41, 5.74) is 0. The lowest BCUT2D eigenvalue weighted by Crippen LogP contribution is -2.31. The van der Waals surface area contributed by atoms with Gasteiger partial charge in [-0.05, 0) is 12.8 Å². The molecule has 1 atom stereocenters. The van der Waals surface area contributed by atoms with E-state index in [4.69, 9.17) is 11.6 Å². The number of nitrogens with one attached hydrogen (secondary N) is 1. The van der Waals surface area contributed by atoms with E-state index in [1.165, 1.54) is 0 Å². The zero-order chi connectivity index (χ0) is 12.8. The average Bonchev–Trinajstić information content (AvgIpc) is 2.12. The molecule has 0 aliphatic rings. The van der Waals surface area contributed by atoms with Crippen LogP contribution in [0, 0.1) is 0 Å². The van der Waals surface area contributed by atoms with Crippen molar-refractivity contribution in [2.45, 2.75) is 37.7 Å². The first-order valence-electron chi connectivity index (χ1n) is 4.84. The number of alkyl halides is 4. The minimum atomic E-state index is -4.31. The maximum Gasteiger partial charge on any atom is 0.389 e. The molecular weight excluding hydrogens is 267 g/mol. The molecule has 98 valence electrons.